The number of pyridine rings is 1. The van der Waals surface area contributed by atoms with Crippen LogP contribution in [0.5, 0.6) is 0 Å². The molecule has 2 N–H and O–H groups in total. The molecule has 5 aromatic rings. The van der Waals surface area contributed by atoms with Crippen molar-refractivity contribution in [2.24, 2.45) is 0 Å². The predicted octanol–water partition coefficient (Wildman–Crippen LogP) is 4.51. The molecule has 7 heteroatoms. The maximum absolute atomic E-state index is 13.0. The third kappa shape index (κ3) is 2.79. The summed E-state index contributed by atoms with van der Waals surface area (Å²) >= 11 is 0. The van der Waals surface area contributed by atoms with Gasteiger partial charge in [-0.05, 0) is 30.7 Å². The first-order chi connectivity index (χ1) is 14.7. The number of carbonyl (C=O) groups excluding carboxylic acids is 1. The minimum atomic E-state index is -0.695. The Morgan fingerprint density at radius 1 is 1.13 bits per heavy atom. The number of carbonyl (C=O) groups is 1. The van der Waals surface area contributed by atoms with Crippen molar-refractivity contribution in [2.75, 3.05) is 6.61 Å². The number of aromatic nitrogens is 3. The zero-order chi connectivity index (χ0) is 20.7. The fourth-order valence-corrected chi connectivity index (χ4v) is 3.67. The monoisotopic (exact) mass is 399 g/mol. The number of fused-ring (bicyclic) bond motifs is 3. The molecular weight excluding hydrogens is 382 g/mol. The largest absolute Gasteiger partial charge is 0.462 e. The Kier molecular flexibility index (Phi) is 4.21. The van der Waals surface area contributed by atoms with Gasteiger partial charge in [0, 0.05) is 28.9 Å². The molecule has 0 bridgehead atoms. The zero-order valence-corrected chi connectivity index (χ0v) is 16.1. The number of imidazole rings is 1. The van der Waals surface area contributed by atoms with Gasteiger partial charge in [0.15, 0.2) is 5.58 Å². The summed E-state index contributed by atoms with van der Waals surface area (Å²) in [6, 6.07) is 14.8. The van der Waals surface area contributed by atoms with E-state index in [-0.39, 0.29) is 12.2 Å². The summed E-state index contributed by atoms with van der Waals surface area (Å²) < 4.78 is 11.3. The van der Waals surface area contributed by atoms with Crippen molar-refractivity contribution in [1.29, 1.82) is 0 Å². The van der Waals surface area contributed by atoms with Crippen molar-refractivity contribution < 1.29 is 13.9 Å². The second kappa shape index (κ2) is 7.04. The summed E-state index contributed by atoms with van der Waals surface area (Å²) in [6.45, 7) is 1.85. The highest BCUT2D eigenvalue weighted by atomic mass is 16.5. The number of H-pyrrole nitrogens is 2. The molecular formula is C23H17N3O4. The van der Waals surface area contributed by atoms with Gasteiger partial charge in [-0.1, -0.05) is 30.3 Å². The number of furan rings is 1. The molecule has 148 valence electrons. The van der Waals surface area contributed by atoms with Crippen molar-refractivity contribution in [3.63, 3.8) is 0 Å². The van der Waals surface area contributed by atoms with Crippen LogP contribution in [0.2, 0.25) is 0 Å². The molecule has 0 atom stereocenters. The number of rotatable bonds is 4. The van der Waals surface area contributed by atoms with Crippen LogP contribution in [-0.4, -0.2) is 27.5 Å². The lowest BCUT2D eigenvalue weighted by molar-refractivity contribution is 0.0525. The molecule has 0 aliphatic heterocycles. The van der Waals surface area contributed by atoms with Gasteiger partial charge in [-0.25, -0.2) is 9.78 Å². The summed E-state index contributed by atoms with van der Waals surface area (Å²) in [6.07, 6.45) is 3.40. The molecule has 0 fully saturated rings. The van der Waals surface area contributed by atoms with E-state index in [0.29, 0.717) is 33.6 Å². The number of para-hydroxylation sites is 1. The smallest absolute Gasteiger partial charge is 0.344 e. The van der Waals surface area contributed by atoms with Gasteiger partial charge in [0.25, 0.3) is 5.56 Å². The van der Waals surface area contributed by atoms with Gasteiger partial charge in [0.1, 0.15) is 17.0 Å². The Balaban J connectivity index is 1.87. The van der Waals surface area contributed by atoms with Crippen molar-refractivity contribution in [3.8, 4) is 22.5 Å². The lowest BCUT2D eigenvalue weighted by atomic mass is 9.97. The molecule has 0 aliphatic carbocycles. The Morgan fingerprint density at radius 3 is 2.77 bits per heavy atom. The average Bonchev–Trinajstić information content (AvgIpc) is 3.41. The number of hydrogen-bond acceptors (Lipinski definition) is 5. The fourth-order valence-electron chi connectivity index (χ4n) is 3.67. The summed E-state index contributed by atoms with van der Waals surface area (Å²) in [4.78, 5) is 35.9. The van der Waals surface area contributed by atoms with Crippen molar-refractivity contribution in [3.05, 3.63) is 76.8 Å². The van der Waals surface area contributed by atoms with Crippen LogP contribution < -0.4 is 5.56 Å². The Labute approximate surface area is 170 Å². The van der Waals surface area contributed by atoms with Crippen LogP contribution in [0.4, 0.5) is 0 Å². The number of benzene rings is 2. The first-order valence-electron chi connectivity index (χ1n) is 9.52. The number of hydrogen-bond donors (Lipinski definition) is 2. The maximum atomic E-state index is 13.0. The first kappa shape index (κ1) is 17.9. The molecule has 0 radical (unpaired) electrons. The molecule has 7 nitrogen and oxygen atoms in total. The van der Waals surface area contributed by atoms with Gasteiger partial charge in [0.2, 0.25) is 0 Å². The number of ether oxygens (including phenoxy) is 1. The number of aromatic amines is 2. The van der Waals surface area contributed by atoms with E-state index in [9.17, 15) is 9.59 Å². The Hall–Kier alpha value is -4.13. The van der Waals surface area contributed by atoms with Gasteiger partial charge in [0.05, 0.1) is 12.1 Å². The average molecular weight is 399 g/mol. The molecule has 0 saturated carbocycles. The SMILES string of the molecule is CCOC(=O)c1c(-c2cccc(-c3ncc[nH]3)c2)c2oc3ccccc3c2[nH]c1=O. The second-order valence-corrected chi connectivity index (χ2v) is 6.75. The van der Waals surface area contributed by atoms with Crippen molar-refractivity contribution in [2.45, 2.75) is 6.92 Å². The lowest BCUT2D eigenvalue weighted by Gasteiger charge is -2.10. The van der Waals surface area contributed by atoms with E-state index in [0.717, 1.165) is 10.9 Å². The topological polar surface area (TPSA) is 101 Å². The highest BCUT2D eigenvalue weighted by Gasteiger charge is 2.25. The van der Waals surface area contributed by atoms with E-state index in [1.165, 1.54) is 0 Å². The van der Waals surface area contributed by atoms with Crippen LogP contribution in [0.3, 0.4) is 0 Å². The fraction of sp³-hybridized carbons (Fsp3) is 0.0870. The van der Waals surface area contributed by atoms with E-state index in [1.807, 2.05) is 48.5 Å². The molecule has 2 aromatic carbocycles. The number of nitrogens with zero attached hydrogens (tertiary/aromatic N) is 1. The molecule has 0 amide bonds. The standard InChI is InChI=1S/C23H17N3O4/c1-2-29-23(28)18-17(13-6-5-7-14(12-13)21-24-10-11-25-21)20-19(26-22(18)27)15-8-3-4-9-16(15)30-20/h3-12H,2H2,1H3,(H,24,25)(H,26,27). The van der Waals surface area contributed by atoms with Gasteiger partial charge in [-0.3, -0.25) is 4.79 Å². The normalized spacial score (nSPS) is 11.2. The molecule has 0 unspecified atom stereocenters. The van der Waals surface area contributed by atoms with Crippen LogP contribution >= 0.6 is 0 Å². The Bertz CT molecular complexity index is 1440. The van der Waals surface area contributed by atoms with E-state index in [1.54, 1.807) is 19.3 Å². The maximum Gasteiger partial charge on any atom is 0.344 e. The van der Waals surface area contributed by atoms with E-state index in [4.69, 9.17) is 9.15 Å². The van der Waals surface area contributed by atoms with Gasteiger partial charge >= 0.3 is 5.97 Å². The molecule has 3 aromatic heterocycles. The van der Waals surface area contributed by atoms with Crippen LogP contribution in [0.15, 0.2) is 70.1 Å². The van der Waals surface area contributed by atoms with E-state index >= 15 is 0 Å². The Morgan fingerprint density at radius 2 is 1.97 bits per heavy atom. The predicted molar refractivity (Wildman–Crippen MR) is 113 cm³/mol. The summed E-state index contributed by atoms with van der Waals surface area (Å²) in [5.74, 6) is -0.0141. The molecule has 5 rings (SSSR count). The molecule has 0 aliphatic rings. The number of nitrogens with one attached hydrogen (secondary N) is 2. The van der Waals surface area contributed by atoms with E-state index < -0.39 is 11.5 Å². The van der Waals surface area contributed by atoms with Gasteiger partial charge in [-0.15, -0.1) is 0 Å². The first-order valence-corrected chi connectivity index (χ1v) is 9.52. The summed E-state index contributed by atoms with van der Waals surface area (Å²) in [5.41, 5.74) is 2.85. The van der Waals surface area contributed by atoms with Crippen LogP contribution in [0.25, 0.3) is 44.6 Å². The van der Waals surface area contributed by atoms with Crippen molar-refractivity contribution in [1.82, 2.24) is 15.0 Å². The number of esters is 1. The molecule has 0 spiro atoms. The molecule has 0 saturated heterocycles. The molecule has 30 heavy (non-hydrogen) atoms. The van der Waals surface area contributed by atoms with E-state index in [2.05, 4.69) is 15.0 Å². The summed E-state index contributed by atoms with van der Waals surface area (Å²) in [5, 5.41) is 0.767. The van der Waals surface area contributed by atoms with Crippen LogP contribution in [0.1, 0.15) is 17.3 Å². The summed E-state index contributed by atoms with van der Waals surface area (Å²) in [7, 11) is 0. The minimum absolute atomic E-state index is 0.0833. The third-order valence-electron chi connectivity index (χ3n) is 4.94. The highest BCUT2D eigenvalue weighted by Crippen LogP contribution is 2.36. The second-order valence-electron chi connectivity index (χ2n) is 6.75. The third-order valence-corrected chi connectivity index (χ3v) is 4.94. The van der Waals surface area contributed by atoms with Crippen LogP contribution in [0, 0.1) is 0 Å². The molecule has 3 heterocycles. The van der Waals surface area contributed by atoms with Crippen LogP contribution in [-0.2, 0) is 4.74 Å². The van der Waals surface area contributed by atoms with Gasteiger partial charge in [-0.2, -0.15) is 0 Å². The lowest BCUT2D eigenvalue weighted by Crippen LogP contribution is -2.21. The van der Waals surface area contributed by atoms with Gasteiger partial charge < -0.3 is 19.1 Å². The quantitative estimate of drug-likeness (QED) is 0.433. The zero-order valence-electron chi connectivity index (χ0n) is 16.1. The minimum Gasteiger partial charge on any atom is -0.462 e. The highest BCUT2D eigenvalue weighted by molar-refractivity contribution is 6.12. The van der Waals surface area contributed by atoms with Crippen molar-refractivity contribution >= 4 is 28.0 Å².